The van der Waals surface area contributed by atoms with E-state index in [9.17, 15) is 0 Å². The molecule has 2 heteroatoms. The van der Waals surface area contributed by atoms with Crippen molar-refractivity contribution in [3.8, 4) is 0 Å². The normalized spacial score (nSPS) is 17.9. The molecule has 0 saturated carbocycles. The van der Waals surface area contributed by atoms with Crippen LogP contribution in [0.25, 0.3) is 4.41 Å². The van der Waals surface area contributed by atoms with Gasteiger partial charge >= 0.3 is 154 Å². The summed E-state index contributed by atoms with van der Waals surface area (Å²) in [6.07, 6.45) is 0. The second-order valence-corrected chi connectivity index (χ2v) is 26.4. The minimum atomic E-state index is -2.27. The van der Waals surface area contributed by atoms with E-state index in [-0.39, 0.29) is 0 Å². The molecule has 0 aromatic heterocycles. The van der Waals surface area contributed by atoms with Crippen LogP contribution in [0.5, 0.6) is 0 Å². The molecule has 24 heavy (non-hydrogen) atoms. The number of hydrogen-bond donors (Lipinski definition) is 0. The fraction of sp³-hybridized carbons (Fsp3) is 0.364. The molecule has 2 aromatic carbocycles. The monoisotopic (exact) mass is 442 g/mol. The van der Waals surface area contributed by atoms with Crippen molar-refractivity contribution in [2.45, 2.75) is 48.7 Å². The molecule has 0 saturated heterocycles. The summed E-state index contributed by atoms with van der Waals surface area (Å²) in [5.74, 6) is 0. The molecule has 3 rings (SSSR count). The topological polar surface area (TPSA) is 0 Å². The van der Waals surface area contributed by atoms with E-state index in [0.29, 0.717) is 0 Å². The fourth-order valence-corrected chi connectivity index (χ4v) is 32.8. The predicted octanol–water partition coefficient (Wildman–Crippen LogP) is 5.25. The molecule has 0 N–H and O–H groups in total. The van der Waals surface area contributed by atoms with Gasteiger partial charge in [-0.05, 0) is 0 Å². The Morgan fingerprint density at radius 3 is 1.71 bits per heavy atom. The Kier molecular flexibility index (Phi) is 5.46. The summed E-state index contributed by atoms with van der Waals surface area (Å²) in [5, 5.41) is 5.46. The average molecular weight is 440 g/mol. The zero-order valence-corrected chi connectivity index (χ0v) is 19.8. The van der Waals surface area contributed by atoms with Gasteiger partial charge in [-0.25, -0.2) is 0 Å². The fourth-order valence-electron chi connectivity index (χ4n) is 4.80. The molecule has 1 aliphatic heterocycles. The van der Waals surface area contributed by atoms with Crippen molar-refractivity contribution in [3.05, 3.63) is 65.1 Å². The number of hydrogen-bond acceptors (Lipinski definition) is 0. The van der Waals surface area contributed by atoms with Crippen LogP contribution >= 0.6 is 0 Å². The van der Waals surface area contributed by atoms with E-state index in [1.165, 1.54) is 26.6 Å². The second kappa shape index (κ2) is 7.25. The van der Waals surface area contributed by atoms with Crippen molar-refractivity contribution >= 4 is 39.7 Å². The van der Waals surface area contributed by atoms with Gasteiger partial charge in [-0.15, -0.1) is 0 Å². The summed E-state index contributed by atoms with van der Waals surface area (Å²) in [5.41, 5.74) is 1.52. The molecule has 1 aliphatic rings. The molecule has 126 valence electrons. The summed E-state index contributed by atoms with van der Waals surface area (Å²) < 4.78 is 5.46. The molecule has 0 nitrogen and oxygen atoms in total. The van der Waals surface area contributed by atoms with Crippen LogP contribution in [-0.2, 0) is 0 Å². The van der Waals surface area contributed by atoms with Crippen LogP contribution in [0, 0.1) is 0 Å². The molecule has 0 atom stereocenters. The first kappa shape index (κ1) is 18.1. The molecule has 0 amide bonds. The zero-order chi connectivity index (χ0) is 17.2. The Balaban J connectivity index is 2.35. The van der Waals surface area contributed by atoms with Gasteiger partial charge in [-0.2, -0.15) is 0 Å². The summed E-state index contributed by atoms with van der Waals surface area (Å²) in [7, 11) is 0. The summed E-state index contributed by atoms with van der Waals surface area (Å²) in [4.78, 5) is 2.89. The van der Waals surface area contributed by atoms with Crippen LogP contribution < -0.4 is 8.79 Å². The van der Waals surface area contributed by atoms with Crippen LogP contribution in [0.15, 0.2) is 59.5 Å². The molecular weight excluding hydrogens is 409 g/mol. The maximum atomic E-state index is 2.89. The molecule has 0 spiro atoms. The van der Waals surface area contributed by atoms with Crippen molar-refractivity contribution in [1.82, 2.24) is 0 Å². The predicted molar refractivity (Wildman–Crippen MR) is 114 cm³/mol. The van der Waals surface area contributed by atoms with Crippen LogP contribution in [-0.4, -0.2) is 26.5 Å². The van der Waals surface area contributed by atoms with Gasteiger partial charge < -0.3 is 0 Å². The third kappa shape index (κ3) is 2.66. The van der Waals surface area contributed by atoms with E-state index in [0.717, 1.165) is 0 Å². The molecule has 1 heterocycles. The van der Waals surface area contributed by atoms with Crippen molar-refractivity contribution in [2.24, 2.45) is 0 Å². The summed E-state index contributed by atoms with van der Waals surface area (Å²) >= 11 is -4.41. The van der Waals surface area contributed by atoms with Crippen molar-refractivity contribution in [1.29, 1.82) is 0 Å². The third-order valence-electron chi connectivity index (χ3n) is 6.47. The average Bonchev–Trinajstić information content (AvgIpc) is 2.67. The van der Waals surface area contributed by atoms with E-state index in [4.69, 9.17) is 0 Å². The Bertz CT molecular complexity index is 723. The molecule has 0 fully saturated rings. The summed E-state index contributed by atoms with van der Waals surface area (Å²) in [6.45, 7) is 9.79. The van der Waals surface area contributed by atoms with Crippen molar-refractivity contribution in [3.63, 3.8) is 0 Å². The van der Waals surface area contributed by atoms with E-state index >= 15 is 0 Å². The van der Waals surface area contributed by atoms with Crippen molar-refractivity contribution < 1.29 is 0 Å². The van der Waals surface area contributed by atoms with E-state index in [2.05, 4.69) is 87.2 Å². The molecule has 0 aliphatic carbocycles. The first-order valence-electron chi connectivity index (χ1n) is 9.56. The molecular formula is C22H30Ge2. The quantitative estimate of drug-likeness (QED) is 0.558. The van der Waals surface area contributed by atoms with Gasteiger partial charge in [-0.1, -0.05) is 0 Å². The van der Waals surface area contributed by atoms with Gasteiger partial charge in [0.15, 0.2) is 0 Å². The Labute approximate surface area is 153 Å². The zero-order valence-electron chi connectivity index (χ0n) is 15.6. The second-order valence-electron chi connectivity index (χ2n) is 7.12. The van der Waals surface area contributed by atoms with Crippen LogP contribution in [0.2, 0.25) is 21.0 Å². The molecule has 2 aromatic rings. The molecule has 0 unspecified atom stereocenters. The SMILES string of the molecule is C[CH2][Ge]1([CH2]C)[CH]=[C](c2ccccc2)[Ge]([CH2]C)([CH2]C)[c]2cccc[c]21. The van der Waals surface area contributed by atoms with E-state index in [1.807, 2.05) is 13.2 Å². The van der Waals surface area contributed by atoms with Crippen LogP contribution in [0.3, 0.4) is 0 Å². The number of benzene rings is 2. The van der Waals surface area contributed by atoms with Gasteiger partial charge in [0.05, 0.1) is 0 Å². The minimum absolute atomic E-state index is 1.36. The number of fused-ring (bicyclic) bond motifs is 1. The Morgan fingerprint density at radius 2 is 1.17 bits per heavy atom. The van der Waals surface area contributed by atoms with Crippen LogP contribution in [0.1, 0.15) is 33.3 Å². The van der Waals surface area contributed by atoms with Crippen molar-refractivity contribution in [2.75, 3.05) is 0 Å². The third-order valence-corrected chi connectivity index (χ3v) is 30.3. The van der Waals surface area contributed by atoms with Gasteiger partial charge in [0.2, 0.25) is 0 Å². The first-order chi connectivity index (χ1) is 11.7. The first-order valence-corrected chi connectivity index (χ1v) is 19.9. The molecule has 0 bridgehead atoms. The van der Waals surface area contributed by atoms with Gasteiger partial charge in [0.25, 0.3) is 0 Å². The summed E-state index contributed by atoms with van der Waals surface area (Å²) in [6, 6.07) is 21.0. The van der Waals surface area contributed by atoms with Crippen LogP contribution in [0.4, 0.5) is 0 Å². The Morgan fingerprint density at radius 1 is 0.625 bits per heavy atom. The van der Waals surface area contributed by atoms with E-state index in [1.54, 1.807) is 0 Å². The molecule has 0 radical (unpaired) electrons. The maximum absolute atomic E-state index is 2.89. The van der Waals surface area contributed by atoms with Gasteiger partial charge in [-0.3, -0.25) is 0 Å². The number of rotatable bonds is 5. The van der Waals surface area contributed by atoms with Gasteiger partial charge in [0, 0.05) is 0 Å². The standard InChI is InChI=1S/C22H30Ge2/c1-5-23(6-2)18-22(19-14-10-9-11-15-19)24(7-3,8-4)21-17-13-12-16-20(21)23/h9-18H,5-8H2,1-4H3. The Hall–Kier alpha value is -0.734. The van der Waals surface area contributed by atoms with Gasteiger partial charge in [0.1, 0.15) is 0 Å². The van der Waals surface area contributed by atoms with E-state index < -0.39 is 26.5 Å².